The van der Waals surface area contributed by atoms with Gasteiger partial charge in [-0.2, -0.15) is 0 Å². The van der Waals surface area contributed by atoms with Crippen LogP contribution in [-0.2, 0) is 0 Å². The summed E-state index contributed by atoms with van der Waals surface area (Å²) in [4.78, 5) is 0. The average molecular weight is 168 g/mol. The quantitative estimate of drug-likeness (QED) is 0.582. The molecule has 0 saturated heterocycles. The van der Waals surface area contributed by atoms with Gasteiger partial charge in [-0.3, -0.25) is 0 Å². The molecule has 0 heterocycles. The van der Waals surface area contributed by atoms with Crippen LogP contribution in [0.5, 0.6) is 0 Å². The van der Waals surface area contributed by atoms with Gasteiger partial charge in [0, 0.05) is 0 Å². The minimum Gasteiger partial charge on any atom is -0.0651 e. The molecule has 0 N–H and O–H groups in total. The van der Waals surface area contributed by atoms with Crippen LogP contribution in [0.2, 0.25) is 0 Å². The van der Waals surface area contributed by atoms with Crippen molar-refractivity contribution in [2.45, 2.75) is 53.4 Å². The molecule has 0 aromatic heterocycles. The monoisotopic (exact) mass is 168 g/mol. The van der Waals surface area contributed by atoms with E-state index >= 15 is 0 Å². The third kappa shape index (κ3) is 2.24. The Labute approximate surface area is 77.7 Å². The molecule has 4 unspecified atom stereocenters. The highest BCUT2D eigenvalue weighted by molar-refractivity contribution is 4.78. The van der Waals surface area contributed by atoms with Crippen molar-refractivity contribution in [1.82, 2.24) is 0 Å². The number of hydrogen-bond donors (Lipinski definition) is 0. The van der Waals surface area contributed by atoms with Crippen LogP contribution >= 0.6 is 0 Å². The fourth-order valence-electron chi connectivity index (χ4n) is 2.67. The van der Waals surface area contributed by atoms with Crippen LogP contribution in [0.15, 0.2) is 0 Å². The average Bonchev–Trinajstić information content (AvgIpc) is 2.08. The standard InChI is InChI=1S/C12H24/c1-5-10(3)12-8-9(2)6-7-11(12)4/h9-12H,5-8H2,1-4H3. The molecule has 1 fully saturated rings. The summed E-state index contributed by atoms with van der Waals surface area (Å²) in [6.45, 7) is 9.62. The first-order chi connectivity index (χ1) is 5.65. The maximum atomic E-state index is 2.45. The summed E-state index contributed by atoms with van der Waals surface area (Å²) in [5.41, 5.74) is 0. The van der Waals surface area contributed by atoms with Crippen LogP contribution < -0.4 is 0 Å². The van der Waals surface area contributed by atoms with Gasteiger partial charge in [0.2, 0.25) is 0 Å². The maximum absolute atomic E-state index is 2.45. The summed E-state index contributed by atoms with van der Waals surface area (Å²) in [5.74, 6) is 3.93. The van der Waals surface area contributed by atoms with Crippen molar-refractivity contribution < 1.29 is 0 Å². The van der Waals surface area contributed by atoms with E-state index in [0.29, 0.717) is 0 Å². The van der Waals surface area contributed by atoms with E-state index in [2.05, 4.69) is 27.7 Å². The van der Waals surface area contributed by atoms with Gasteiger partial charge >= 0.3 is 0 Å². The van der Waals surface area contributed by atoms with Crippen molar-refractivity contribution in [1.29, 1.82) is 0 Å². The van der Waals surface area contributed by atoms with E-state index in [-0.39, 0.29) is 0 Å². The van der Waals surface area contributed by atoms with Crippen LogP contribution in [0.25, 0.3) is 0 Å². The number of rotatable bonds is 2. The normalized spacial score (nSPS) is 39.5. The van der Waals surface area contributed by atoms with Crippen molar-refractivity contribution in [2.75, 3.05) is 0 Å². The van der Waals surface area contributed by atoms with Gasteiger partial charge in [-0.15, -0.1) is 0 Å². The molecular weight excluding hydrogens is 144 g/mol. The lowest BCUT2D eigenvalue weighted by atomic mass is 9.70. The molecule has 1 saturated carbocycles. The van der Waals surface area contributed by atoms with Crippen LogP contribution in [0.4, 0.5) is 0 Å². The molecule has 0 radical (unpaired) electrons. The Morgan fingerprint density at radius 1 is 1.25 bits per heavy atom. The van der Waals surface area contributed by atoms with Gasteiger partial charge in [-0.25, -0.2) is 0 Å². The van der Waals surface area contributed by atoms with Gasteiger partial charge in [0.05, 0.1) is 0 Å². The molecule has 0 amide bonds. The second kappa shape index (κ2) is 4.30. The third-order valence-electron chi connectivity index (χ3n) is 3.90. The van der Waals surface area contributed by atoms with Crippen molar-refractivity contribution in [3.05, 3.63) is 0 Å². The molecular formula is C12H24. The van der Waals surface area contributed by atoms with E-state index in [0.717, 1.165) is 23.7 Å². The molecule has 0 heteroatoms. The summed E-state index contributed by atoms with van der Waals surface area (Å²) >= 11 is 0. The molecule has 12 heavy (non-hydrogen) atoms. The maximum Gasteiger partial charge on any atom is -0.0360 e. The van der Waals surface area contributed by atoms with E-state index in [4.69, 9.17) is 0 Å². The molecule has 0 aliphatic heterocycles. The lowest BCUT2D eigenvalue weighted by Gasteiger charge is -2.36. The highest BCUT2D eigenvalue weighted by Crippen LogP contribution is 2.38. The summed E-state index contributed by atoms with van der Waals surface area (Å²) in [5, 5.41) is 0. The Morgan fingerprint density at radius 3 is 2.50 bits per heavy atom. The van der Waals surface area contributed by atoms with Gasteiger partial charge in [0.25, 0.3) is 0 Å². The minimum atomic E-state index is 0.947. The zero-order valence-electron chi connectivity index (χ0n) is 9.14. The highest BCUT2D eigenvalue weighted by Gasteiger charge is 2.28. The van der Waals surface area contributed by atoms with Crippen LogP contribution in [-0.4, -0.2) is 0 Å². The van der Waals surface area contributed by atoms with Crippen molar-refractivity contribution in [3.8, 4) is 0 Å². The predicted octanol–water partition coefficient (Wildman–Crippen LogP) is 4.10. The van der Waals surface area contributed by atoms with E-state index < -0.39 is 0 Å². The second-order valence-corrected chi connectivity index (χ2v) is 4.94. The molecule has 0 aromatic carbocycles. The van der Waals surface area contributed by atoms with Gasteiger partial charge in [-0.1, -0.05) is 47.0 Å². The smallest absolute Gasteiger partial charge is 0.0360 e. The van der Waals surface area contributed by atoms with E-state index in [9.17, 15) is 0 Å². The molecule has 1 rings (SSSR count). The van der Waals surface area contributed by atoms with E-state index in [1.165, 1.54) is 25.7 Å². The Bertz CT molecular complexity index is 124. The van der Waals surface area contributed by atoms with Crippen molar-refractivity contribution in [2.24, 2.45) is 23.7 Å². The fourth-order valence-corrected chi connectivity index (χ4v) is 2.67. The lowest BCUT2D eigenvalue weighted by Crippen LogP contribution is -2.26. The minimum absolute atomic E-state index is 0.947. The highest BCUT2D eigenvalue weighted by atomic mass is 14.3. The lowest BCUT2D eigenvalue weighted by molar-refractivity contribution is 0.144. The van der Waals surface area contributed by atoms with Gasteiger partial charge in [0.15, 0.2) is 0 Å². The van der Waals surface area contributed by atoms with Crippen LogP contribution in [0.1, 0.15) is 53.4 Å². The molecule has 0 nitrogen and oxygen atoms in total. The van der Waals surface area contributed by atoms with Crippen LogP contribution in [0, 0.1) is 23.7 Å². The summed E-state index contributed by atoms with van der Waals surface area (Å²) in [6, 6.07) is 0. The molecule has 4 atom stereocenters. The van der Waals surface area contributed by atoms with Crippen molar-refractivity contribution in [3.63, 3.8) is 0 Å². The SMILES string of the molecule is CCC(C)C1CC(C)CCC1C. The zero-order valence-corrected chi connectivity index (χ0v) is 9.14. The Morgan fingerprint density at radius 2 is 1.92 bits per heavy atom. The van der Waals surface area contributed by atoms with Gasteiger partial charge < -0.3 is 0 Å². The summed E-state index contributed by atoms with van der Waals surface area (Å²) < 4.78 is 0. The number of hydrogen-bond acceptors (Lipinski definition) is 0. The van der Waals surface area contributed by atoms with Gasteiger partial charge in [0.1, 0.15) is 0 Å². The molecule has 0 bridgehead atoms. The zero-order chi connectivity index (χ0) is 9.14. The van der Waals surface area contributed by atoms with Crippen LogP contribution in [0.3, 0.4) is 0 Å². The Hall–Kier alpha value is 0. The molecule has 72 valence electrons. The third-order valence-corrected chi connectivity index (χ3v) is 3.90. The van der Waals surface area contributed by atoms with Gasteiger partial charge in [-0.05, 0) is 30.1 Å². The fraction of sp³-hybridized carbons (Fsp3) is 1.00. The summed E-state index contributed by atoms with van der Waals surface area (Å²) in [7, 11) is 0. The first kappa shape index (κ1) is 10.1. The molecule has 1 aliphatic rings. The van der Waals surface area contributed by atoms with Crippen molar-refractivity contribution >= 4 is 0 Å². The Kier molecular flexibility index (Phi) is 3.61. The topological polar surface area (TPSA) is 0 Å². The van der Waals surface area contributed by atoms with E-state index in [1.807, 2.05) is 0 Å². The predicted molar refractivity (Wildman–Crippen MR) is 55.1 cm³/mol. The molecule has 1 aliphatic carbocycles. The summed E-state index contributed by atoms with van der Waals surface area (Å²) in [6.07, 6.45) is 5.78. The largest absolute Gasteiger partial charge is 0.0651 e. The second-order valence-electron chi connectivity index (χ2n) is 4.94. The first-order valence-electron chi connectivity index (χ1n) is 5.65. The molecule has 0 aromatic rings. The van der Waals surface area contributed by atoms with E-state index in [1.54, 1.807) is 0 Å². The first-order valence-corrected chi connectivity index (χ1v) is 5.65. The molecule has 0 spiro atoms. The Balaban J connectivity index is 2.48.